The topological polar surface area (TPSA) is 93.3 Å². The molecule has 1 fully saturated rings. The molecule has 1 aliphatic heterocycles. The average Bonchev–Trinajstić information content (AvgIpc) is 2.67. The summed E-state index contributed by atoms with van der Waals surface area (Å²) in [4.78, 5) is 24.8. The second-order valence-electron chi connectivity index (χ2n) is 5.58. The Labute approximate surface area is 123 Å². The molecule has 1 aromatic heterocycles. The van der Waals surface area contributed by atoms with Crippen molar-refractivity contribution >= 4 is 11.6 Å². The van der Waals surface area contributed by atoms with Crippen LogP contribution in [0.3, 0.4) is 0 Å². The number of hydrogen-bond acceptors (Lipinski definition) is 5. The van der Waals surface area contributed by atoms with Gasteiger partial charge in [-0.3, -0.25) is 19.6 Å². The van der Waals surface area contributed by atoms with Crippen LogP contribution in [0.1, 0.15) is 24.2 Å². The van der Waals surface area contributed by atoms with E-state index in [1.807, 2.05) is 0 Å². The second-order valence-corrected chi connectivity index (χ2v) is 5.58. The zero-order valence-corrected chi connectivity index (χ0v) is 12.6. The summed E-state index contributed by atoms with van der Waals surface area (Å²) in [6, 6.07) is 0.181. The van der Waals surface area contributed by atoms with Crippen molar-refractivity contribution in [2.45, 2.75) is 39.3 Å². The minimum absolute atomic E-state index is 0.0120. The molecule has 0 aliphatic carbocycles. The van der Waals surface area contributed by atoms with Crippen LogP contribution in [0, 0.1) is 24.0 Å². The molecule has 2 rings (SSSR count). The summed E-state index contributed by atoms with van der Waals surface area (Å²) in [6.45, 7) is 5.15. The molecule has 0 aromatic carbocycles. The van der Waals surface area contributed by atoms with E-state index in [-0.39, 0.29) is 24.2 Å². The van der Waals surface area contributed by atoms with Gasteiger partial charge >= 0.3 is 5.69 Å². The number of likely N-dealkylation sites (tertiary alicyclic amines) is 1. The van der Waals surface area contributed by atoms with Crippen molar-refractivity contribution in [2.24, 2.45) is 0 Å². The number of nitrogens with one attached hydrogen (secondary N) is 1. The van der Waals surface area contributed by atoms with Crippen molar-refractivity contribution in [3.63, 3.8) is 0 Å². The Bertz CT molecular complexity index is 546. The number of amides is 1. The van der Waals surface area contributed by atoms with Gasteiger partial charge in [0.2, 0.25) is 5.91 Å². The fourth-order valence-electron chi connectivity index (χ4n) is 2.67. The molecule has 1 aliphatic rings. The fourth-order valence-corrected chi connectivity index (χ4v) is 2.67. The Morgan fingerprint density at radius 3 is 2.57 bits per heavy atom. The van der Waals surface area contributed by atoms with Crippen molar-refractivity contribution in [1.82, 2.24) is 20.0 Å². The van der Waals surface area contributed by atoms with E-state index in [0.29, 0.717) is 11.4 Å². The molecular formula is C13H21N5O3. The average molecular weight is 295 g/mol. The molecule has 1 amide bonds. The molecule has 0 spiro atoms. The Morgan fingerprint density at radius 2 is 2.05 bits per heavy atom. The highest BCUT2D eigenvalue weighted by atomic mass is 16.6. The zero-order chi connectivity index (χ0) is 15.6. The van der Waals surface area contributed by atoms with Crippen molar-refractivity contribution in [3.05, 3.63) is 21.5 Å². The van der Waals surface area contributed by atoms with Gasteiger partial charge in [-0.15, -0.1) is 0 Å². The first-order chi connectivity index (χ1) is 9.88. The molecule has 1 aromatic rings. The predicted octanol–water partition coefficient (Wildman–Crippen LogP) is 0.619. The first-order valence-corrected chi connectivity index (χ1v) is 7.04. The summed E-state index contributed by atoms with van der Waals surface area (Å²) >= 11 is 0. The fraction of sp³-hybridized carbons (Fsp3) is 0.692. The van der Waals surface area contributed by atoms with Gasteiger partial charge in [0.05, 0.1) is 4.92 Å². The van der Waals surface area contributed by atoms with Gasteiger partial charge in [0.1, 0.15) is 17.9 Å². The monoisotopic (exact) mass is 295 g/mol. The largest absolute Gasteiger partial charge is 0.352 e. The van der Waals surface area contributed by atoms with Crippen molar-refractivity contribution in [1.29, 1.82) is 0 Å². The van der Waals surface area contributed by atoms with E-state index in [1.165, 1.54) is 4.68 Å². The number of nitrogens with zero attached hydrogens (tertiary/aromatic N) is 4. The summed E-state index contributed by atoms with van der Waals surface area (Å²) in [7, 11) is 2.06. The molecule has 21 heavy (non-hydrogen) atoms. The van der Waals surface area contributed by atoms with Crippen LogP contribution in [0.5, 0.6) is 0 Å². The number of hydrogen-bond donors (Lipinski definition) is 1. The van der Waals surface area contributed by atoms with Crippen LogP contribution in [-0.2, 0) is 11.3 Å². The first kappa shape index (κ1) is 15.4. The van der Waals surface area contributed by atoms with Gasteiger partial charge in [0.15, 0.2) is 0 Å². The third-order valence-corrected chi connectivity index (χ3v) is 3.90. The molecule has 8 nitrogen and oxygen atoms in total. The van der Waals surface area contributed by atoms with Gasteiger partial charge in [-0.2, -0.15) is 5.10 Å². The highest BCUT2D eigenvalue weighted by Crippen LogP contribution is 2.21. The lowest BCUT2D eigenvalue weighted by Crippen LogP contribution is -2.44. The molecular weight excluding hydrogens is 274 g/mol. The number of piperidine rings is 1. The van der Waals surface area contributed by atoms with Crippen LogP contribution in [0.4, 0.5) is 5.69 Å². The van der Waals surface area contributed by atoms with E-state index >= 15 is 0 Å². The van der Waals surface area contributed by atoms with Gasteiger partial charge in [-0.1, -0.05) is 0 Å². The molecule has 0 unspecified atom stereocenters. The van der Waals surface area contributed by atoms with E-state index in [0.717, 1.165) is 25.9 Å². The van der Waals surface area contributed by atoms with Crippen LogP contribution in [0.15, 0.2) is 0 Å². The quantitative estimate of drug-likeness (QED) is 0.649. The van der Waals surface area contributed by atoms with Crippen LogP contribution < -0.4 is 5.32 Å². The van der Waals surface area contributed by atoms with E-state index < -0.39 is 4.92 Å². The lowest BCUT2D eigenvalue weighted by atomic mass is 10.1. The molecule has 0 atom stereocenters. The summed E-state index contributed by atoms with van der Waals surface area (Å²) in [6.07, 6.45) is 1.86. The highest BCUT2D eigenvalue weighted by molar-refractivity contribution is 5.76. The molecule has 8 heteroatoms. The third-order valence-electron chi connectivity index (χ3n) is 3.90. The van der Waals surface area contributed by atoms with Crippen LogP contribution in [-0.4, -0.2) is 51.7 Å². The molecule has 0 saturated carbocycles. The van der Waals surface area contributed by atoms with Crippen LogP contribution >= 0.6 is 0 Å². The van der Waals surface area contributed by atoms with Gasteiger partial charge < -0.3 is 10.2 Å². The smallest absolute Gasteiger partial charge is 0.312 e. The molecule has 1 N–H and O–H groups in total. The number of aromatic nitrogens is 2. The second kappa shape index (κ2) is 6.21. The summed E-state index contributed by atoms with van der Waals surface area (Å²) in [5.41, 5.74) is 0.739. The van der Waals surface area contributed by atoms with Crippen LogP contribution in [0.25, 0.3) is 0 Å². The minimum Gasteiger partial charge on any atom is -0.352 e. The SMILES string of the molecule is Cc1nn(CC(=O)NC2CCN(C)CC2)c(C)c1[N+](=O)[O-]. The maximum Gasteiger partial charge on any atom is 0.312 e. The molecule has 0 radical (unpaired) electrons. The number of carbonyl (C=O) groups is 1. The molecule has 0 bridgehead atoms. The summed E-state index contributed by atoms with van der Waals surface area (Å²) in [5, 5.41) is 18.0. The maximum absolute atomic E-state index is 12.0. The van der Waals surface area contributed by atoms with Gasteiger partial charge in [-0.25, -0.2) is 0 Å². The van der Waals surface area contributed by atoms with Gasteiger partial charge in [-0.05, 0) is 46.8 Å². The number of carbonyl (C=O) groups excluding carboxylic acids is 1. The van der Waals surface area contributed by atoms with E-state index in [9.17, 15) is 14.9 Å². The zero-order valence-electron chi connectivity index (χ0n) is 12.6. The van der Waals surface area contributed by atoms with Crippen molar-refractivity contribution in [2.75, 3.05) is 20.1 Å². The lowest BCUT2D eigenvalue weighted by molar-refractivity contribution is -0.386. The molecule has 2 heterocycles. The Morgan fingerprint density at radius 1 is 1.43 bits per heavy atom. The number of aryl methyl sites for hydroxylation is 1. The van der Waals surface area contributed by atoms with E-state index in [4.69, 9.17) is 0 Å². The van der Waals surface area contributed by atoms with Gasteiger partial charge in [0, 0.05) is 6.04 Å². The lowest BCUT2D eigenvalue weighted by Gasteiger charge is -2.29. The summed E-state index contributed by atoms with van der Waals surface area (Å²) in [5.74, 6) is -0.148. The predicted molar refractivity (Wildman–Crippen MR) is 77.0 cm³/mol. The maximum atomic E-state index is 12.0. The highest BCUT2D eigenvalue weighted by Gasteiger charge is 2.24. The minimum atomic E-state index is -0.455. The standard InChI is InChI=1S/C13H21N5O3/c1-9-13(18(20)21)10(2)17(15-9)8-12(19)14-11-4-6-16(3)7-5-11/h11H,4-8H2,1-3H3,(H,14,19). The van der Waals surface area contributed by atoms with E-state index in [1.54, 1.807) is 13.8 Å². The van der Waals surface area contributed by atoms with Gasteiger partial charge in [0.25, 0.3) is 0 Å². The normalized spacial score (nSPS) is 16.9. The van der Waals surface area contributed by atoms with Crippen molar-refractivity contribution in [3.8, 4) is 0 Å². The Hall–Kier alpha value is -1.96. The number of rotatable bonds is 4. The number of nitro groups is 1. The van der Waals surface area contributed by atoms with Crippen molar-refractivity contribution < 1.29 is 9.72 Å². The Balaban J connectivity index is 1.97. The Kier molecular flexibility index (Phi) is 4.56. The third kappa shape index (κ3) is 3.57. The molecule has 116 valence electrons. The van der Waals surface area contributed by atoms with E-state index in [2.05, 4.69) is 22.4 Å². The first-order valence-electron chi connectivity index (χ1n) is 7.04. The molecule has 1 saturated heterocycles. The summed E-state index contributed by atoms with van der Waals surface area (Å²) < 4.78 is 1.40. The van der Waals surface area contributed by atoms with Crippen LogP contribution in [0.2, 0.25) is 0 Å².